The van der Waals surface area contributed by atoms with Gasteiger partial charge in [0.2, 0.25) is 0 Å². The number of allylic oxidation sites excluding steroid dienone is 2. The first-order valence-electron chi connectivity index (χ1n) is 5.82. The van der Waals surface area contributed by atoms with Crippen LogP contribution < -0.4 is 0 Å². The molecule has 0 saturated carbocycles. The molecule has 0 aliphatic carbocycles. The van der Waals surface area contributed by atoms with Crippen molar-refractivity contribution in [2.45, 2.75) is 13.8 Å². The van der Waals surface area contributed by atoms with Crippen LogP contribution in [0.3, 0.4) is 0 Å². The summed E-state index contributed by atoms with van der Waals surface area (Å²) in [7, 11) is 0. The van der Waals surface area contributed by atoms with E-state index in [0.717, 1.165) is 22.6 Å². The third kappa shape index (κ3) is 2.23. The maximum Gasteiger partial charge on any atom is 0.186 e. The van der Waals surface area contributed by atoms with Crippen molar-refractivity contribution in [1.29, 1.82) is 0 Å². The maximum atomic E-state index is 11.9. The summed E-state index contributed by atoms with van der Waals surface area (Å²) in [5.41, 5.74) is 2.03. The quantitative estimate of drug-likeness (QED) is 0.464. The SMILES string of the molecule is C/C=C\C(=O)c1cc2cc(C)ccc2cc1C=O. The molecule has 0 aliphatic heterocycles. The topological polar surface area (TPSA) is 34.1 Å². The van der Waals surface area contributed by atoms with Gasteiger partial charge in [0.15, 0.2) is 12.1 Å². The van der Waals surface area contributed by atoms with Crippen LogP contribution >= 0.6 is 0 Å². The Morgan fingerprint density at radius 1 is 1.11 bits per heavy atom. The molecule has 0 aliphatic rings. The van der Waals surface area contributed by atoms with Gasteiger partial charge in [-0.05, 0) is 42.8 Å². The van der Waals surface area contributed by atoms with Gasteiger partial charge in [-0.1, -0.05) is 29.8 Å². The first-order valence-corrected chi connectivity index (χ1v) is 5.82. The molecular weight excluding hydrogens is 224 g/mol. The van der Waals surface area contributed by atoms with Crippen LogP contribution in [0.1, 0.15) is 33.2 Å². The Morgan fingerprint density at radius 2 is 1.89 bits per heavy atom. The Bertz CT molecular complexity index is 651. The molecule has 0 fully saturated rings. The number of rotatable bonds is 3. The lowest BCUT2D eigenvalue weighted by Gasteiger charge is -2.05. The zero-order valence-corrected chi connectivity index (χ0v) is 10.4. The van der Waals surface area contributed by atoms with Crippen molar-refractivity contribution >= 4 is 22.8 Å². The van der Waals surface area contributed by atoms with Crippen molar-refractivity contribution in [3.63, 3.8) is 0 Å². The zero-order chi connectivity index (χ0) is 13.1. The monoisotopic (exact) mass is 238 g/mol. The van der Waals surface area contributed by atoms with Gasteiger partial charge >= 0.3 is 0 Å². The number of benzene rings is 2. The molecule has 2 heteroatoms. The van der Waals surface area contributed by atoms with Crippen molar-refractivity contribution < 1.29 is 9.59 Å². The van der Waals surface area contributed by atoms with E-state index in [-0.39, 0.29) is 5.78 Å². The van der Waals surface area contributed by atoms with Gasteiger partial charge < -0.3 is 0 Å². The van der Waals surface area contributed by atoms with Crippen molar-refractivity contribution in [3.05, 3.63) is 59.2 Å². The summed E-state index contributed by atoms with van der Waals surface area (Å²) in [6.07, 6.45) is 3.89. The molecular formula is C16H14O2. The maximum absolute atomic E-state index is 11.9. The van der Waals surface area contributed by atoms with Gasteiger partial charge in [0.1, 0.15) is 0 Å². The number of carbonyl (C=O) groups excluding carboxylic acids is 2. The van der Waals surface area contributed by atoms with Gasteiger partial charge in [-0.3, -0.25) is 9.59 Å². The Kier molecular flexibility index (Phi) is 3.38. The van der Waals surface area contributed by atoms with Crippen LogP contribution in [0, 0.1) is 6.92 Å². The third-order valence-corrected chi connectivity index (χ3v) is 2.87. The summed E-state index contributed by atoms with van der Waals surface area (Å²) in [5, 5.41) is 1.95. The molecule has 0 spiro atoms. The lowest BCUT2D eigenvalue weighted by Crippen LogP contribution is -2.00. The highest BCUT2D eigenvalue weighted by Gasteiger charge is 2.10. The number of hydrogen-bond acceptors (Lipinski definition) is 2. The molecule has 0 N–H and O–H groups in total. The lowest BCUT2D eigenvalue weighted by atomic mass is 9.97. The highest BCUT2D eigenvalue weighted by Crippen LogP contribution is 2.21. The molecule has 18 heavy (non-hydrogen) atoms. The van der Waals surface area contributed by atoms with Gasteiger partial charge in [0, 0.05) is 11.1 Å². The number of fused-ring (bicyclic) bond motifs is 1. The smallest absolute Gasteiger partial charge is 0.186 e. The molecule has 0 bridgehead atoms. The summed E-state index contributed by atoms with van der Waals surface area (Å²) >= 11 is 0. The minimum absolute atomic E-state index is 0.136. The fraction of sp³-hybridized carbons (Fsp3) is 0.125. The van der Waals surface area contributed by atoms with E-state index in [1.165, 1.54) is 6.08 Å². The van der Waals surface area contributed by atoms with E-state index >= 15 is 0 Å². The average Bonchev–Trinajstić information content (AvgIpc) is 2.37. The predicted octanol–water partition coefficient (Wildman–Crippen LogP) is 3.72. The summed E-state index contributed by atoms with van der Waals surface area (Å²) in [6, 6.07) is 9.51. The van der Waals surface area contributed by atoms with Gasteiger partial charge in [-0.15, -0.1) is 0 Å². The molecule has 2 aromatic carbocycles. The van der Waals surface area contributed by atoms with E-state index in [2.05, 4.69) is 0 Å². The number of hydrogen-bond donors (Lipinski definition) is 0. The third-order valence-electron chi connectivity index (χ3n) is 2.87. The minimum Gasteiger partial charge on any atom is -0.298 e. The zero-order valence-electron chi connectivity index (χ0n) is 10.4. The van der Waals surface area contributed by atoms with Gasteiger partial charge in [-0.2, -0.15) is 0 Å². The first kappa shape index (κ1) is 12.2. The van der Waals surface area contributed by atoms with Crippen LogP contribution in [0.15, 0.2) is 42.5 Å². The number of aryl methyl sites for hydroxylation is 1. The second kappa shape index (κ2) is 4.96. The van der Waals surface area contributed by atoms with E-state index in [4.69, 9.17) is 0 Å². The minimum atomic E-state index is -0.136. The summed E-state index contributed by atoms with van der Waals surface area (Å²) in [5.74, 6) is -0.136. The second-order valence-corrected chi connectivity index (χ2v) is 4.27. The Balaban J connectivity index is 2.71. The number of carbonyl (C=O) groups is 2. The van der Waals surface area contributed by atoms with Crippen LogP contribution in [0.25, 0.3) is 10.8 Å². The fourth-order valence-corrected chi connectivity index (χ4v) is 1.99. The van der Waals surface area contributed by atoms with Crippen LogP contribution in [-0.2, 0) is 0 Å². The van der Waals surface area contributed by atoms with Crippen LogP contribution in [0.2, 0.25) is 0 Å². The Hall–Kier alpha value is -2.22. The first-order chi connectivity index (χ1) is 8.65. The molecule has 0 radical (unpaired) electrons. The van der Waals surface area contributed by atoms with Gasteiger partial charge in [0.25, 0.3) is 0 Å². The van der Waals surface area contributed by atoms with Crippen molar-refractivity contribution in [2.75, 3.05) is 0 Å². The standard InChI is InChI=1S/C16H14O2/c1-3-4-16(18)15-9-13-7-11(2)5-6-12(13)8-14(15)10-17/h3-10H,1-2H3/b4-3-. The Labute approximate surface area is 106 Å². The molecule has 0 heterocycles. The van der Waals surface area contributed by atoms with Gasteiger partial charge in [0.05, 0.1) is 0 Å². The largest absolute Gasteiger partial charge is 0.298 e. The predicted molar refractivity (Wildman–Crippen MR) is 73.2 cm³/mol. The van der Waals surface area contributed by atoms with E-state index in [0.29, 0.717) is 11.1 Å². The lowest BCUT2D eigenvalue weighted by molar-refractivity contribution is 0.103. The summed E-state index contributed by atoms with van der Waals surface area (Å²) < 4.78 is 0. The molecule has 2 nitrogen and oxygen atoms in total. The van der Waals surface area contributed by atoms with Crippen LogP contribution in [-0.4, -0.2) is 12.1 Å². The van der Waals surface area contributed by atoms with E-state index < -0.39 is 0 Å². The molecule has 90 valence electrons. The van der Waals surface area contributed by atoms with E-state index in [9.17, 15) is 9.59 Å². The highest BCUT2D eigenvalue weighted by atomic mass is 16.1. The van der Waals surface area contributed by atoms with Crippen molar-refractivity contribution in [1.82, 2.24) is 0 Å². The average molecular weight is 238 g/mol. The molecule has 0 unspecified atom stereocenters. The van der Waals surface area contributed by atoms with Crippen molar-refractivity contribution in [3.8, 4) is 0 Å². The van der Waals surface area contributed by atoms with E-state index in [1.807, 2.05) is 25.1 Å². The van der Waals surface area contributed by atoms with Gasteiger partial charge in [-0.25, -0.2) is 0 Å². The number of aldehydes is 1. The van der Waals surface area contributed by atoms with E-state index in [1.54, 1.807) is 25.1 Å². The molecule has 0 aromatic heterocycles. The second-order valence-electron chi connectivity index (χ2n) is 4.27. The molecule has 2 rings (SSSR count). The highest BCUT2D eigenvalue weighted by molar-refractivity contribution is 6.11. The normalized spacial score (nSPS) is 11.0. The number of ketones is 1. The molecule has 2 aromatic rings. The van der Waals surface area contributed by atoms with Crippen molar-refractivity contribution in [2.24, 2.45) is 0 Å². The summed E-state index contributed by atoms with van der Waals surface area (Å²) in [4.78, 5) is 23.0. The fourth-order valence-electron chi connectivity index (χ4n) is 1.99. The Morgan fingerprint density at radius 3 is 2.56 bits per heavy atom. The molecule has 0 atom stereocenters. The summed E-state index contributed by atoms with van der Waals surface area (Å²) in [6.45, 7) is 3.78. The van der Waals surface area contributed by atoms with Crippen LogP contribution in [0.4, 0.5) is 0 Å². The molecule has 0 saturated heterocycles. The molecule has 0 amide bonds. The van der Waals surface area contributed by atoms with Crippen LogP contribution in [0.5, 0.6) is 0 Å².